The molecule has 0 bridgehead atoms. The third kappa shape index (κ3) is 11.2. The highest BCUT2D eigenvalue weighted by Crippen LogP contribution is 2.28. The van der Waals surface area contributed by atoms with E-state index >= 15 is 0 Å². The molecule has 3 aromatic carbocycles. The van der Waals surface area contributed by atoms with Gasteiger partial charge in [-0.25, -0.2) is 14.8 Å². The second kappa shape index (κ2) is 19.2. The molecule has 9 rings (SSSR count). The van der Waals surface area contributed by atoms with Crippen LogP contribution in [0, 0.1) is 0 Å². The van der Waals surface area contributed by atoms with Crippen molar-refractivity contribution in [3.8, 4) is 22.9 Å². The molecule has 2 fully saturated rings. The summed E-state index contributed by atoms with van der Waals surface area (Å²) in [6.07, 6.45) is -0.252. The van der Waals surface area contributed by atoms with Crippen molar-refractivity contribution in [1.29, 1.82) is 0 Å². The number of ether oxygens (including phenoxy) is 1. The fourth-order valence-corrected chi connectivity index (χ4v) is 7.41. The highest BCUT2D eigenvalue weighted by Gasteiger charge is 2.26. The number of nitrogen functional groups attached to an aromatic ring is 1. The lowest BCUT2D eigenvalue weighted by molar-refractivity contribution is 0.0138. The van der Waals surface area contributed by atoms with E-state index in [0.29, 0.717) is 70.8 Å². The van der Waals surface area contributed by atoms with E-state index in [-0.39, 0.29) is 12.0 Å². The summed E-state index contributed by atoms with van der Waals surface area (Å²) in [5, 5.41) is 6.34. The molecule has 4 N–H and O–H groups in total. The Morgan fingerprint density at radius 1 is 0.719 bits per heavy atom. The summed E-state index contributed by atoms with van der Waals surface area (Å²) in [6, 6.07) is 30.2. The number of benzene rings is 3. The average molecular weight is 866 g/mol. The molecule has 16 nitrogen and oxygen atoms in total. The molecule has 0 unspecified atom stereocenters. The van der Waals surface area contributed by atoms with Crippen LogP contribution >= 0.6 is 0 Å². The number of nitrogens with two attached hydrogens (primary N) is 1. The van der Waals surface area contributed by atoms with Gasteiger partial charge < -0.3 is 39.7 Å². The summed E-state index contributed by atoms with van der Waals surface area (Å²) >= 11 is 0. The van der Waals surface area contributed by atoms with E-state index in [1.54, 1.807) is 11.0 Å². The second-order valence-corrected chi connectivity index (χ2v) is 17.2. The van der Waals surface area contributed by atoms with Crippen LogP contribution < -0.4 is 21.3 Å². The smallest absolute Gasteiger partial charge is 0.410 e. The number of nitrogens with zero attached hydrogens (tertiary/aromatic N) is 8. The summed E-state index contributed by atoms with van der Waals surface area (Å²) < 4.78 is 17.3. The fraction of sp³-hybridized carbons (Fsp3) is 0.333. The molecule has 2 aliphatic heterocycles. The first-order valence-corrected chi connectivity index (χ1v) is 21.5. The predicted molar refractivity (Wildman–Crippen MR) is 249 cm³/mol. The summed E-state index contributed by atoms with van der Waals surface area (Å²) in [6.45, 7) is 14.0. The van der Waals surface area contributed by atoms with Gasteiger partial charge in [-0.3, -0.25) is 14.6 Å². The van der Waals surface area contributed by atoms with Crippen molar-refractivity contribution < 1.29 is 23.2 Å². The van der Waals surface area contributed by atoms with Crippen molar-refractivity contribution in [3.05, 3.63) is 114 Å². The molecule has 6 heterocycles. The van der Waals surface area contributed by atoms with Gasteiger partial charge in [0, 0.05) is 113 Å². The van der Waals surface area contributed by atoms with Gasteiger partial charge in [0.15, 0.2) is 22.5 Å². The lowest BCUT2D eigenvalue weighted by atomic mass is 10.1. The molecule has 4 aromatic heterocycles. The Morgan fingerprint density at radius 3 is 1.89 bits per heavy atom. The highest BCUT2D eigenvalue weighted by atomic mass is 16.6. The lowest BCUT2D eigenvalue weighted by Crippen LogP contribution is -2.49. The number of rotatable bonds is 9. The molecular formula is C48H55N11O5. The van der Waals surface area contributed by atoms with Gasteiger partial charge in [-0.05, 0) is 99.6 Å². The number of carbonyl (C=O) groups is 2. The van der Waals surface area contributed by atoms with E-state index in [1.807, 2.05) is 131 Å². The molecule has 0 atom stereocenters. The number of oxazole rings is 2. The molecule has 0 radical (unpaired) electrons. The lowest BCUT2D eigenvalue weighted by Gasteiger charge is -2.35. The third-order valence-corrected chi connectivity index (χ3v) is 10.8. The Kier molecular flexibility index (Phi) is 13.2. The van der Waals surface area contributed by atoms with Crippen LogP contribution in [0.15, 0.2) is 106 Å². The van der Waals surface area contributed by atoms with Crippen LogP contribution in [0.1, 0.15) is 42.5 Å². The zero-order chi connectivity index (χ0) is 44.8. The van der Waals surface area contributed by atoms with Gasteiger partial charge in [-0.15, -0.1) is 0 Å². The normalized spacial score (nSPS) is 14.9. The summed E-state index contributed by atoms with van der Waals surface area (Å²) in [7, 11) is 3.90. The van der Waals surface area contributed by atoms with E-state index in [4.69, 9.17) is 24.3 Å². The summed E-state index contributed by atoms with van der Waals surface area (Å²) in [5.74, 6) is 0.818. The maximum Gasteiger partial charge on any atom is 0.410 e. The Labute approximate surface area is 372 Å². The molecule has 332 valence electrons. The molecule has 7 aromatic rings. The largest absolute Gasteiger partial charge is 0.444 e. The monoisotopic (exact) mass is 865 g/mol. The van der Waals surface area contributed by atoms with Gasteiger partial charge in [0.25, 0.3) is 5.91 Å². The first-order chi connectivity index (χ1) is 30.8. The molecular weight excluding hydrogens is 811 g/mol. The van der Waals surface area contributed by atoms with Gasteiger partial charge in [0.1, 0.15) is 5.60 Å². The zero-order valence-electron chi connectivity index (χ0n) is 37.0. The number of pyridine rings is 2. The first kappa shape index (κ1) is 43.8. The molecule has 0 saturated carbocycles. The van der Waals surface area contributed by atoms with Crippen LogP contribution in [0.3, 0.4) is 0 Å². The van der Waals surface area contributed by atoms with Crippen LogP contribution in [-0.4, -0.2) is 119 Å². The molecule has 64 heavy (non-hydrogen) atoms. The summed E-state index contributed by atoms with van der Waals surface area (Å²) in [5.41, 5.74) is 14.3. The minimum Gasteiger partial charge on any atom is -0.444 e. The fourth-order valence-electron chi connectivity index (χ4n) is 7.41. The van der Waals surface area contributed by atoms with Crippen LogP contribution in [0.2, 0.25) is 0 Å². The topological polar surface area (TPSA) is 184 Å². The standard InChI is InChI=1S/C26H28N6O2.C22H27N5O3/c1-31(2)22-8-4-5-18(16-22)25(33)29-20-7-3-6-19(15-20)26-30-24-23(34-26)10-9-21(28-24)17-32-13-11-27-12-14-32;1-22(2,3)30-21(28)27-11-9-26(10-12-27)14-17-7-8-18-19(24-17)25-20(29-18)15-5-4-6-16(23)13-15/h3-10,15-16,27H,11-14,17H2,1-2H3,(H,29,33);4-8,13H,9-12,14,23H2,1-3H3. The molecule has 2 amide bonds. The van der Waals surface area contributed by atoms with Crippen molar-refractivity contribution in [2.75, 3.05) is 82.4 Å². The maximum atomic E-state index is 12.8. The van der Waals surface area contributed by atoms with E-state index in [0.717, 1.165) is 74.0 Å². The molecule has 2 saturated heterocycles. The molecule has 0 aliphatic carbocycles. The van der Waals surface area contributed by atoms with Crippen molar-refractivity contribution in [2.45, 2.75) is 39.5 Å². The predicted octanol–water partition coefficient (Wildman–Crippen LogP) is 7.14. The third-order valence-electron chi connectivity index (χ3n) is 10.8. The number of aromatic nitrogens is 4. The molecule has 16 heteroatoms. The maximum absolute atomic E-state index is 12.8. The minimum absolute atomic E-state index is 0.169. The van der Waals surface area contributed by atoms with Crippen LogP contribution in [0.5, 0.6) is 0 Å². The first-order valence-electron chi connectivity index (χ1n) is 21.5. The van der Waals surface area contributed by atoms with Crippen molar-refractivity contribution >= 4 is 51.5 Å². The van der Waals surface area contributed by atoms with Gasteiger partial charge in [0.2, 0.25) is 11.8 Å². The second-order valence-electron chi connectivity index (χ2n) is 17.2. The zero-order valence-corrected chi connectivity index (χ0v) is 37.0. The van der Waals surface area contributed by atoms with Crippen LogP contribution in [0.25, 0.3) is 45.4 Å². The number of amides is 2. The van der Waals surface area contributed by atoms with Gasteiger partial charge in [-0.2, -0.15) is 9.97 Å². The van der Waals surface area contributed by atoms with E-state index < -0.39 is 5.60 Å². The number of hydrogen-bond donors (Lipinski definition) is 3. The number of hydrogen-bond acceptors (Lipinski definition) is 14. The molecule has 2 aliphatic rings. The molecule has 0 spiro atoms. The van der Waals surface area contributed by atoms with E-state index in [1.165, 1.54) is 0 Å². The van der Waals surface area contributed by atoms with Crippen molar-refractivity contribution in [2.24, 2.45) is 0 Å². The van der Waals surface area contributed by atoms with Gasteiger partial charge in [0.05, 0.1) is 11.4 Å². The van der Waals surface area contributed by atoms with Crippen LogP contribution in [-0.2, 0) is 17.8 Å². The minimum atomic E-state index is -0.477. The average Bonchev–Trinajstić information content (AvgIpc) is 3.91. The Hall–Kier alpha value is -6.88. The van der Waals surface area contributed by atoms with E-state index in [9.17, 15) is 9.59 Å². The van der Waals surface area contributed by atoms with Gasteiger partial charge in [-0.1, -0.05) is 18.2 Å². The number of carbonyl (C=O) groups excluding carboxylic acids is 2. The Balaban J connectivity index is 0.000000176. The van der Waals surface area contributed by atoms with Gasteiger partial charge >= 0.3 is 6.09 Å². The number of piperazine rings is 2. The number of anilines is 3. The Bertz CT molecular complexity index is 2730. The SMILES string of the molecule is CC(C)(C)OC(=O)N1CCN(Cc2ccc3oc(-c4cccc(N)c4)nc3n2)CC1.CN(C)c1cccc(C(=O)Nc2cccc(-c3nc4nc(CN5CCNCC5)ccc4o3)c2)c1. The number of nitrogens with one attached hydrogen (secondary N) is 2. The van der Waals surface area contributed by atoms with E-state index in [2.05, 4.69) is 35.4 Å². The Morgan fingerprint density at radius 2 is 1.30 bits per heavy atom. The van der Waals surface area contributed by atoms with Crippen molar-refractivity contribution in [3.63, 3.8) is 0 Å². The van der Waals surface area contributed by atoms with Crippen LogP contribution in [0.4, 0.5) is 21.9 Å². The van der Waals surface area contributed by atoms with Crippen molar-refractivity contribution in [1.82, 2.24) is 40.0 Å². The quantitative estimate of drug-likeness (QED) is 0.124. The number of fused-ring (bicyclic) bond motifs is 2. The highest BCUT2D eigenvalue weighted by molar-refractivity contribution is 6.05. The summed E-state index contributed by atoms with van der Waals surface area (Å²) in [4.78, 5) is 51.9.